The van der Waals surface area contributed by atoms with Crippen LogP contribution in [0.5, 0.6) is 11.5 Å². The number of anilines is 1. The van der Waals surface area contributed by atoms with Crippen LogP contribution in [0.1, 0.15) is 42.6 Å². The van der Waals surface area contributed by atoms with Crippen LogP contribution in [0.15, 0.2) is 30.3 Å². The van der Waals surface area contributed by atoms with Crippen molar-refractivity contribution in [1.82, 2.24) is 19.5 Å². The number of primary amides is 1. The van der Waals surface area contributed by atoms with E-state index in [9.17, 15) is 4.79 Å². The van der Waals surface area contributed by atoms with E-state index in [2.05, 4.69) is 10.00 Å². The summed E-state index contributed by atoms with van der Waals surface area (Å²) in [5, 5.41) is 4.39. The number of rotatable bonds is 8. The highest BCUT2D eigenvalue weighted by molar-refractivity contribution is 5.75. The molecule has 1 aliphatic rings. The first-order chi connectivity index (χ1) is 15.4. The number of benzene rings is 1. The summed E-state index contributed by atoms with van der Waals surface area (Å²) in [5.41, 5.74) is 15.3. The molecule has 4 N–H and O–H groups in total. The second kappa shape index (κ2) is 9.44. The van der Waals surface area contributed by atoms with Crippen molar-refractivity contribution < 1.29 is 14.3 Å². The molecule has 2 aromatic heterocycles. The maximum absolute atomic E-state index is 11.0. The summed E-state index contributed by atoms with van der Waals surface area (Å²) in [6.07, 6.45) is 2.17. The Morgan fingerprint density at radius 1 is 1.22 bits per heavy atom. The minimum atomic E-state index is -0.519. The third kappa shape index (κ3) is 4.94. The predicted molar refractivity (Wildman–Crippen MR) is 122 cm³/mol. The monoisotopic (exact) mass is 438 g/mol. The van der Waals surface area contributed by atoms with Crippen LogP contribution >= 0.6 is 0 Å². The maximum Gasteiger partial charge on any atom is 0.255 e. The van der Waals surface area contributed by atoms with Gasteiger partial charge in [-0.1, -0.05) is 6.07 Å². The Bertz CT molecular complexity index is 1110. The predicted octanol–water partition coefficient (Wildman–Crippen LogP) is 2.26. The molecule has 1 amide bonds. The summed E-state index contributed by atoms with van der Waals surface area (Å²) in [5.74, 6) is 1.55. The Hall–Kier alpha value is -3.33. The summed E-state index contributed by atoms with van der Waals surface area (Å²) in [4.78, 5) is 18.3. The van der Waals surface area contributed by atoms with E-state index in [1.807, 2.05) is 44.2 Å². The standard InChI is InChI=1S/C23H30N6O3/c1-3-31-20-10-16(6-7-19(20)32-14-22(25)30)12-28-8-4-5-17(13-28)18-11-21(24)29-23(26-18)9-15(2)27-29/h6-7,9-11,17H,3-5,8,12-14,24H2,1-2H3,(H2,25,30). The molecule has 1 aliphatic heterocycles. The van der Waals surface area contributed by atoms with Crippen LogP contribution in [0.3, 0.4) is 0 Å². The Balaban J connectivity index is 1.48. The van der Waals surface area contributed by atoms with Crippen molar-refractivity contribution in [2.24, 2.45) is 5.73 Å². The van der Waals surface area contributed by atoms with Crippen molar-refractivity contribution in [2.45, 2.75) is 39.2 Å². The molecule has 9 heteroatoms. The van der Waals surface area contributed by atoms with Gasteiger partial charge in [-0.25, -0.2) is 4.98 Å². The van der Waals surface area contributed by atoms with Crippen LogP contribution in [-0.4, -0.2) is 51.7 Å². The van der Waals surface area contributed by atoms with Crippen molar-refractivity contribution in [1.29, 1.82) is 0 Å². The summed E-state index contributed by atoms with van der Waals surface area (Å²) < 4.78 is 12.9. The average Bonchev–Trinajstić information content (AvgIpc) is 3.14. The van der Waals surface area contributed by atoms with Gasteiger partial charge in [0.25, 0.3) is 5.91 Å². The lowest BCUT2D eigenvalue weighted by atomic mass is 9.94. The summed E-state index contributed by atoms with van der Waals surface area (Å²) >= 11 is 0. The van der Waals surface area contributed by atoms with Gasteiger partial charge in [0.05, 0.1) is 18.0 Å². The summed E-state index contributed by atoms with van der Waals surface area (Å²) in [6.45, 7) is 6.89. The van der Waals surface area contributed by atoms with Crippen LogP contribution in [0.4, 0.5) is 5.82 Å². The topological polar surface area (TPSA) is 121 Å². The molecule has 3 heterocycles. The highest BCUT2D eigenvalue weighted by Gasteiger charge is 2.24. The Morgan fingerprint density at radius 3 is 2.84 bits per heavy atom. The van der Waals surface area contributed by atoms with E-state index in [0.717, 1.165) is 55.1 Å². The first-order valence-electron chi connectivity index (χ1n) is 10.9. The van der Waals surface area contributed by atoms with Crippen LogP contribution in [0.2, 0.25) is 0 Å². The number of likely N-dealkylation sites (tertiary alicyclic amines) is 1. The lowest BCUT2D eigenvalue weighted by molar-refractivity contribution is -0.119. The Labute approximate surface area is 187 Å². The number of piperidine rings is 1. The highest BCUT2D eigenvalue weighted by atomic mass is 16.5. The molecule has 1 aromatic carbocycles. The normalized spacial score (nSPS) is 16.9. The van der Waals surface area contributed by atoms with Gasteiger partial charge in [0.2, 0.25) is 0 Å². The summed E-state index contributed by atoms with van der Waals surface area (Å²) in [7, 11) is 0. The minimum Gasteiger partial charge on any atom is -0.490 e. The van der Waals surface area contributed by atoms with Gasteiger partial charge >= 0.3 is 0 Å². The van der Waals surface area contributed by atoms with E-state index >= 15 is 0 Å². The summed E-state index contributed by atoms with van der Waals surface area (Å²) in [6, 6.07) is 9.71. The fourth-order valence-corrected chi connectivity index (χ4v) is 4.23. The molecule has 9 nitrogen and oxygen atoms in total. The van der Waals surface area contributed by atoms with Crippen molar-refractivity contribution in [3.05, 3.63) is 47.3 Å². The number of carbonyl (C=O) groups is 1. The van der Waals surface area contributed by atoms with E-state index in [0.29, 0.717) is 29.8 Å². The van der Waals surface area contributed by atoms with Crippen molar-refractivity contribution >= 4 is 17.4 Å². The number of aryl methyl sites for hydroxylation is 1. The first kappa shape index (κ1) is 21.9. The number of nitrogens with zero attached hydrogens (tertiary/aromatic N) is 4. The van der Waals surface area contributed by atoms with E-state index in [1.165, 1.54) is 0 Å². The number of nitrogen functional groups attached to an aromatic ring is 1. The molecule has 0 radical (unpaired) electrons. The van der Waals surface area contributed by atoms with Gasteiger partial charge in [-0.05, 0) is 50.9 Å². The van der Waals surface area contributed by atoms with Gasteiger partial charge < -0.3 is 20.9 Å². The fourth-order valence-electron chi connectivity index (χ4n) is 4.23. The number of amides is 1. The molecule has 1 saturated heterocycles. The van der Waals surface area contributed by atoms with Gasteiger partial charge in [-0.3, -0.25) is 9.69 Å². The lowest BCUT2D eigenvalue weighted by Crippen LogP contribution is -2.34. The maximum atomic E-state index is 11.0. The molecule has 1 unspecified atom stereocenters. The number of carbonyl (C=O) groups excluding carboxylic acids is 1. The molecular formula is C23H30N6O3. The largest absolute Gasteiger partial charge is 0.490 e. The number of hydrogen-bond donors (Lipinski definition) is 2. The van der Waals surface area contributed by atoms with Gasteiger partial charge in [0.1, 0.15) is 5.82 Å². The van der Waals surface area contributed by atoms with E-state index in [1.54, 1.807) is 4.52 Å². The molecule has 170 valence electrons. The molecule has 1 fully saturated rings. The van der Waals surface area contributed by atoms with E-state index < -0.39 is 5.91 Å². The molecular weight excluding hydrogens is 408 g/mol. The smallest absolute Gasteiger partial charge is 0.255 e. The quantitative estimate of drug-likeness (QED) is 0.553. The van der Waals surface area contributed by atoms with Gasteiger partial charge in [-0.15, -0.1) is 0 Å². The highest BCUT2D eigenvalue weighted by Crippen LogP contribution is 2.31. The number of hydrogen-bond acceptors (Lipinski definition) is 7. The number of aromatic nitrogens is 3. The van der Waals surface area contributed by atoms with Crippen molar-refractivity contribution in [2.75, 3.05) is 32.0 Å². The zero-order valence-electron chi connectivity index (χ0n) is 18.6. The fraction of sp³-hybridized carbons (Fsp3) is 0.435. The molecule has 0 aliphatic carbocycles. The van der Waals surface area contributed by atoms with Crippen molar-refractivity contribution in [3.63, 3.8) is 0 Å². The number of fused-ring (bicyclic) bond motifs is 1. The Kier molecular flexibility index (Phi) is 6.45. The second-order valence-electron chi connectivity index (χ2n) is 8.20. The number of nitrogens with two attached hydrogens (primary N) is 2. The molecule has 0 saturated carbocycles. The lowest BCUT2D eigenvalue weighted by Gasteiger charge is -2.32. The van der Waals surface area contributed by atoms with E-state index in [-0.39, 0.29) is 6.61 Å². The van der Waals surface area contributed by atoms with Gasteiger partial charge in [0, 0.05) is 31.1 Å². The zero-order valence-corrected chi connectivity index (χ0v) is 18.6. The number of ether oxygens (including phenoxy) is 2. The van der Waals surface area contributed by atoms with Crippen LogP contribution in [0, 0.1) is 6.92 Å². The van der Waals surface area contributed by atoms with E-state index in [4.69, 9.17) is 25.9 Å². The zero-order chi connectivity index (χ0) is 22.7. The van der Waals surface area contributed by atoms with Crippen LogP contribution < -0.4 is 20.9 Å². The molecule has 32 heavy (non-hydrogen) atoms. The molecule has 4 rings (SSSR count). The average molecular weight is 439 g/mol. The van der Waals surface area contributed by atoms with Gasteiger partial charge in [-0.2, -0.15) is 9.61 Å². The molecule has 3 aromatic rings. The Morgan fingerprint density at radius 2 is 2.06 bits per heavy atom. The third-order valence-corrected chi connectivity index (χ3v) is 5.60. The van der Waals surface area contributed by atoms with Crippen LogP contribution in [-0.2, 0) is 11.3 Å². The van der Waals surface area contributed by atoms with Gasteiger partial charge in [0.15, 0.2) is 23.8 Å². The molecule has 0 bridgehead atoms. The third-order valence-electron chi connectivity index (χ3n) is 5.60. The molecule has 0 spiro atoms. The second-order valence-corrected chi connectivity index (χ2v) is 8.20. The van der Waals surface area contributed by atoms with Crippen LogP contribution in [0.25, 0.3) is 5.65 Å². The van der Waals surface area contributed by atoms with Crippen molar-refractivity contribution in [3.8, 4) is 11.5 Å². The minimum absolute atomic E-state index is 0.176. The first-order valence-corrected chi connectivity index (χ1v) is 10.9. The SMILES string of the molecule is CCOc1cc(CN2CCCC(c3cc(N)n4nc(C)cc4n3)C2)ccc1OCC(N)=O. The molecule has 1 atom stereocenters.